The lowest BCUT2D eigenvalue weighted by Gasteiger charge is -2.56. The van der Waals surface area contributed by atoms with Gasteiger partial charge in [-0.3, -0.25) is 48.5 Å². The molecule has 33 heteroatoms. The van der Waals surface area contributed by atoms with Crippen molar-refractivity contribution in [2.24, 2.45) is 57.8 Å². The van der Waals surface area contributed by atoms with Gasteiger partial charge in [-0.2, -0.15) is 0 Å². The molecule has 33 nitrogen and oxygen atoms in total. The summed E-state index contributed by atoms with van der Waals surface area (Å²) >= 11 is 0. The summed E-state index contributed by atoms with van der Waals surface area (Å²) in [7, 11) is 6.23. The highest BCUT2D eigenvalue weighted by atomic mass is 16.6. The van der Waals surface area contributed by atoms with Gasteiger partial charge < -0.3 is 112 Å². The summed E-state index contributed by atoms with van der Waals surface area (Å²) in [4.78, 5) is 138. The molecule has 0 bridgehead atoms. The average molecular weight is 1860 g/mol. The van der Waals surface area contributed by atoms with Crippen LogP contribution in [0.2, 0.25) is 0 Å². The molecule has 2 unspecified atom stereocenters. The number of nitrogens with zero attached hydrogens (tertiary/aromatic N) is 1. The first-order chi connectivity index (χ1) is 63.8. The molecule has 0 spiro atoms. The number of carbonyl (C=O) groups is 10. The number of hydrogen-bond acceptors (Lipinski definition) is 22. The van der Waals surface area contributed by atoms with Crippen LogP contribution in [-0.4, -0.2) is 266 Å². The Morgan fingerprint density at radius 3 is 1.59 bits per heavy atom. The predicted molar refractivity (Wildman–Crippen MR) is 506 cm³/mol. The molecular weight excluding hydrogens is 1700 g/mol. The second kappa shape index (κ2) is 55.0. The van der Waals surface area contributed by atoms with E-state index in [9.17, 15) is 48.3 Å². The summed E-state index contributed by atoms with van der Waals surface area (Å²) in [5.74, 6) is 4.79. The number of likely N-dealkylation sites (N-methyl/N-ethyl adjacent to an activating group) is 1. The Balaban J connectivity index is 0.740. The quantitative estimate of drug-likeness (QED) is 0.0130. The van der Waals surface area contributed by atoms with Crippen LogP contribution in [0.4, 0.5) is 10.5 Å². The third-order valence-corrected chi connectivity index (χ3v) is 28.5. The number of carbonyl (C=O) groups excluding carboxylic acids is 10. The number of unbranched alkanes of at least 4 members (excludes halogenated alkanes) is 1. The van der Waals surface area contributed by atoms with Gasteiger partial charge in [0.25, 0.3) is 0 Å². The van der Waals surface area contributed by atoms with Crippen molar-refractivity contribution in [3.63, 3.8) is 0 Å². The zero-order valence-electron chi connectivity index (χ0n) is 81.1. The Labute approximate surface area is 788 Å². The molecule has 0 radical (unpaired) electrons. The fourth-order valence-electron chi connectivity index (χ4n) is 21.0. The van der Waals surface area contributed by atoms with Gasteiger partial charge in [0.15, 0.2) is 0 Å². The van der Waals surface area contributed by atoms with Gasteiger partial charge in [0.05, 0.1) is 163 Å². The Morgan fingerprint density at radius 1 is 0.496 bits per heavy atom. The summed E-state index contributed by atoms with van der Waals surface area (Å²) in [6, 6.07) is 7.05. The largest absolute Gasteiger partial charge is 0.508 e. The molecule has 2 aromatic carbocycles. The summed E-state index contributed by atoms with van der Waals surface area (Å²) in [5, 5.41) is 40.2. The number of quaternary nitrogens is 1. The fourth-order valence-corrected chi connectivity index (χ4v) is 21.0. The third-order valence-electron chi connectivity index (χ3n) is 28.5. The number of hydrogen-bond donors (Lipinski definition) is 13. The maximum absolute atomic E-state index is 15.1. The standard InChI is InChI=1S/C100H159N13O20/c1-69(2)90(93(121)110-81(26-19-45-107-96(102)124)91(119)108-72-32-28-70-30-35-83-97(3,77(70)66-72)40-20-42-99(83,5)94(122)112-95(123)100(6)43-21-41-98(4)78-67-73(114)33-29-71(78)31-36-84(98)100)111-92(120)80(109-87(117)39-51-126-55-59-130-63-65-132-61-57-128-53-48-106-85(115)37-34-76-74-22-13-10-11-14-23-75(74)76)25-17-18-44-104-88(118)68-133-82-27-16-12-15-24-79(89(82)101)103-47-52-127-56-60-131-64-62-129-58-54-125-50-38-86(116)105-46-49-113(7,8)9/h28-29,32-33,66-67,69,74-76,80-84,90,103H,12-27,30-31,34-65,68,101H2,1-9H3,(H11-,102,104,105,106,107,108,109,110,111,112,114,115,116,117,118,119,120,121,122,123,124)/p+1/t74-,75+,76?,80-,81+,82?,83-,84-,90+,97-,98-,99+,100+/m1/s1. The molecule has 0 saturated heterocycles. The van der Waals surface area contributed by atoms with Gasteiger partial charge in [-0.1, -0.05) is 79.4 Å². The lowest BCUT2D eigenvalue weighted by atomic mass is 9.49. The van der Waals surface area contributed by atoms with E-state index in [1.165, 1.54) is 5.56 Å². The first-order valence-corrected chi connectivity index (χ1v) is 49.4. The van der Waals surface area contributed by atoms with Crippen molar-refractivity contribution >= 4 is 64.9 Å². The van der Waals surface area contributed by atoms with Crippen LogP contribution in [0.25, 0.3) is 0 Å². The maximum atomic E-state index is 15.1. The molecule has 0 aromatic heterocycles. The number of nitrogens with two attached hydrogens (primary N) is 2. The molecule has 133 heavy (non-hydrogen) atoms. The van der Waals surface area contributed by atoms with Gasteiger partial charge in [0.2, 0.25) is 53.2 Å². The van der Waals surface area contributed by atoms with E-state index in [1.54, 1.807) is 19.9 Å². The van der Waals surface area contributed by atoms with Gasteiger partial charge >= 0.3 is 6.03 Å². The first kappa shape index (κ1) is 108. The normalized spacial score (nSPS) is 23.7. The molecule has 13 atom stereocenters. The highest BCUT2D eigenvalue weighted by Crippen LogP contribution is 2.60. The molecule has 9 rings (SSSR count). The topological polar surface area (TPSA) is 446 Å². The number of imide groups is 1. The number of phenols is 1. The van der Waals surface area contributed by atoms with Crippen LogP contribution >= 0.6 is 0 Å². The van der Waals surface area contributed by atoms with E-state index in [1.807, 2.05) is 44.2 Å². The summed E-state index contributed by atoms with van der Waals surface area (Å²) < 4.78 is 52.3. The number of aromatic hydroxyl groups is 1. The van der Waals surface area contributed by atoms with Crippen molar-refractivity contribution in [3.05, 3.63) is 70.0 Å². The maximum Gasteiger partial charge on any atom is 0.312 e. The summed E-state index contributed by atoms with van der Waals surface area (Å²) in [5.41, 5.74) is 15.8. The molecule has 0 heterocycles. The lowest BCUT2D eigenvalue weighted by molar-refractivity contribution is -0.869. The predicted octanol–water partition coefficient (Wildman–Crippen LogP) is 7.72. The number of primary amides is 1. The number of phenolic OH excluding ortho intramolecular Hbond substituents is 1. The molecule has 2 aromatic rings. The minimum absolute atomic E-state index is 0.00339. The number of allylic oxidation sites excluding steroid dienone is 1. The fraction of sp³-hybridized carbons (Fsp3) is 0.740. The summed E-state index contributed by atoms with van der Waals surface area (Å²) in [6.07, 6.45) is 18.0. The van der Waals surface area contributed by atoms with Crippen molar-refractivity contribution in [1.29, 1.82) is 0 Å². The van der Waals surface area contributed by atoms with Gasteiger partial charge in [0.1, 0.15) is 30.5 Å². The van der Waals surface area contributed by atoms with E-state index in [2.05, 4.69) is 100.0 Å². The molecule has 3 fully saturated rings. The molecule has 7 aliphatic rings. The van der Waals surface area contributed by atoms with Crippen molar-refractivity contribution in [1.82, 2.24) is 47.9 Å². The number of amides is 11. The number of benzene rings is 2. The van der Waals surface area contributed by atoms with Gasteiger partial charge in [-0.05, 0) is 215 Å². The number of aryl methyl sites for hydroxylation is 2. The van der Waals surface area contributed by atoms with E-state index in [0.717, 1.165) is 135 Å². The second-order valence-electron chi connectivity index (χ2n) is 39.6. The number of urea groups is 1. The van der Waals surface area contributed by atoms with Gasteiger partial charge in [-0.15, -0.1) is 11.8 Å². The average Bonchev–Trinajstić information content (AvgIpc) is 1.17. The number of anilines is 1. The molecule has 744 valence electrons. The Kier molecular flexibility index (Phi) is 44.7. The zero-order valence-corrected chi connectivity index (χ0v) is 81.1. The number of ether oxygens (including phenoxy) is 9. The molecule has 7 aliphatic carbocycles. The van der Waals surface area contributed by atoms with Crippen LogP contribution in [0.5, 0.6) is 5.75 Å². The van der Waals surface area contributed by atoms with E-state index in [0.29, 0.717) is 187 Å². The van der Waals surface area contributed by atoms with E-state index < -0.39 is 76.1 Å². The zero-order chi connectivity index (χ0) is 95.8. The van der Waals surface area contributed by atoms with Crippen LogP contribution in [-0.2, 0) is 109 Å². The number of nitrogens with one attached hydrogen (secondary N) is 10. The van der Waals surface area contributed by atoms with Crippen LogP contribution in [0.1, 0.15) is 231 Å². The lowest BCUT2D eigenvalue weighted by Crippen LogP contribution is -2.60. The highest BCUT2D eigenvalue weighted by molar-refractivity contribution is 6.01. The van der Waals surface area contributed by atoms with Gasteiger partial charge in [0, 0.05) is 69.7 Å². The smallest absolute Gasteiger partial charge is 0.312 e. The first-order valence-electron chi connectivity index (χ1n) is 49.4. The SMILES string of the molecule is CC(C)[C@H](NC(=O)[C@@H](CCCCNC(=O)COC1CCCCCC(NCCOCCOCCOCCOCCC(=O)NCC[N+](C)(C)C)=C1N)NC(=O)CCOCCOCCOCCOCCNC(=O)CCC1[C@H]2CCC#CCC[C@@H]12)C(=O)N[C@@H](CCCNC(N)=O)C(=O)Nc1ccc2c(c1)[C@@]1(C)CCC[C@](C)(C(=O)NC(=O)[C@@]3(C)CCC[C@]4(C)c5cc(O)ccc5CC[C@@H]34)[C@@H]1CC2. The molecule has 11 amide bonds. The van der Waals surface area contributed by atoms with Crippen molar-refractivity contribution < 1.29 is 100 Å². The van der Waals surface area contributed by atoms with Crippen LogP contribution in [0.15, 0.2) is 47.8 Å². The minimum atomic E-state index is -1.22. The third kappa shape index (κ3) is 34.3. The van der Waals surface area contributed by atoms with E-state index in [4.69, 9.17) is 54.1 Å². The highest BCUT2D eigenvalue weighted by Gasteiger charge is 2.59. The molecule has 3 saturated carbocycles. The Bertz CT molecular complexity index is 4170. The van der Waals surface area contributed by atoms with Crippen molar-refractivity contribution in [2.45, 2.75) is 256 Å². The van der Waals surface area contributed by atoms with Crippen molar-refractivity contribution in [2.75, 3.05) is 178 Å². The monoisotopic (exact) mass is 1860 g/mol. The molecular formula is C100H160N13O20+. The molecule has 0 aliphatic heterocycles. The Hall–Kier alpha value is -8.56. The van der Waals surface area contributed by atoms with Gasteiger partial charge in [-0.25, -0.2) is 4.79 Å². The number of rotatable bonds is 59. The molecule has 15 N–H and O–H groups in total. The van der Waals surface area contributed by atoms with E-state index >= 15 is 4.79 Å². The number of fused-ring (bicyclic) bond motifs is 7. The van der Waals surface area contributed by atoms with Crippen LogP contribution in [0.3, 0.4) is 0 Å². The van der Waals surface area contributed by atoms with Crippen molar-refractivity contribution in [3.8, 4) is 17.6 Å². The second-order valence-corrected chi connectivity index (χ2v) is 39.6. The minimum Gasteiger partial charge on any atom is -0.508 e. The Morgan fingerprint density at radius 2 is 1.01 bits per heavy atom. The van der Waals surface area contributed by atoms with E-state index in [-0.39, 0.29) is 118 Å². The van der Waals surface area contributed by atoms with Crippen LogP contribution in [0, 0.1) is 58.2 Å². The summed E-state index contributed by atoms with van der Waals surface area (Å²) in [6.45, 7) is 19.6. The van der Waals surface area contributed by atoms with Crippen LogP contribution < -0.4 is 64.6 Å².